The molecule has 2 aromatic rings. The molecule has 1 aliphatic rings. The zero-order valence-electron chi connectivity index (χ0n) is 11.3. The fraction of sp³-hybridized carbons (Fsp3) is 0.500. The standard InChI is InChI=1S/C14H19N3O2/c1-9(2)16-7-6-10(8-16)17-13-11(15-14(17)19)4-3-5-12(13)18/h3-5,9-10,18H,6-8H2,1-2H3,(H,15,19). The summed E-state index contributed by atoms with van der Waals surface area (Å²) in [5.74, 6) is 0.166. The first-order chi connectivity index (χ1) is 9.08. The van der Waals surface area contributed by atoms with Crippen molar-refractivity contribution >= 4 is 11.0 Å². The highest BCUT2D eigenvalue weighted by atomic mass is 16.3. The number of rotatable bonds is 2. The number of fused-ring (bicyclic) bond motifs is 1. The molecule has 5 nitrogen and oxygen atoms in total. The van der Waals surface area contributed by atoms with Crippen LogP contribution in [0.15, 0.2) is 23.0 Å². The van der Waals surface area contributed by atoms with E-state index in [1.165, 1.54) is 0 Å². The van der Waals surface area contributed by atoms with Crippen LogP contribution in [0.5, 0.6) is 5.75 Å². The van der Waals surface area contributed by atoms with Crippen molar-refractivity contribution in [1.29, 1.82) is 0 Å². The first-order valence-corrected chi connectivity index (χ1v) is 6.74. The third kappa shape index (κ3) is 1.94. The van der Waals surface area contributed by atoms with E-state index in [2.05, 4.69) is 23.7 Å². The van der Waals surface area contributed by atoms with Crippen molar-refractivity contribution in [2.24, 2.45) is 0 Å². The highest BCUT2D eigenvalue weighted by molar-refractivity contribution is 5.81. The van der Waals surface area contributed by atoms with Gasteiger partial charge in [0.05, 0.1) is 11.6 Å². The maximum Gasteiger partial charge on any atom is 0.326 e. The molecule has 1 aliphatic heterocycles. The lowest BCUT2D eigenvalue weighted by Gasteiger charge is -2.20. The largest absolute Gasteiger partial charge is 0.506 e. The molecule has 2 N–H and O–H groups in total. The van der Waals surface area contributed by atoms with Crippen LogP contribution >= 0.6 is 0 Å². The van der Waals surface area contributed by atoms with Gasteiger partial charge in [-0.1, -0.05) is 6.07 Å². The summed E-state index contributed by atoms with van der Waals surface area (Å²) in [6.07, 6.45) is 0.944. The first kappa shape index (κ1) is 12.3. The van der Waals surface area contributed by atoms with Crippen molar-refractivity contribution in [3.63, 3.8) is 0 Å². The predicted octanol–water partition coefficient (Wildman–Crippen LogP) is 1.69. The first-order valence-electron chi connectivity index (χ1n) is 6.74. The number of phenols is 1. The summed E-state index contributed by atoms with van der Waals surface area (Å²) in [5, 5.41) is 10.0. The molecule has 0 bridgehead atoms. The number of para-hydroxylation sites is 1. The number of aromatic hydroxyl groups is 1. The van der Waals surface area contributed by atoms with E-state index in [4.69, 9.17) is 0 Å². The lowest BCUT2D eigenvalue weighted by atomic mass is 10.2. The van der Waals surface area contributed by atoms with Crippen LogP contribution in [0.25, 0.3) is 11.0 Å². The van der Waals surface area contributed by atoms with Gasteiger partial charge in [0.25, 0.3) is 0 Å². The zero-order valence-corrected chi connectivity index (χ0v) is 11.3. The number of H-pyrrole nitrogens is 1. The molecule has 0 spiro atoms. The lowest BCUT2D eigenvalue weighted by molar-refractivity contribution is 0.265. The van der Waals surface area contributed by atoms with Crippen LogP contribution in [0.3, 0.4) is 0 Å². The normalized spacial score (nSPS) is 20.7. The zero-order chi connectivity index (χ0) is 13.6. The Morgan fingerprint density at radius 1 is 1.42 bits per heavy atom. The number of nitrogens with zero attached hydrogens (tertiary/aromatic N) is 2. The third-order valence-electron chi connectivity index (χ3n) is 4.01. The molecule has 0 radical (unpaired) electrons. The van der Waals surface area contributed by atoms with Gasteiger partial charge in [0.2, 0.25) is 0 Å². The molecule has 102 valence electrons. The van der Waals surface area contributed by atoms with E-state index in [0.717, 1.165) is 19.5 Å². The van der Waals surface area contributed by atoms with E-state index >= 15 is 0 Å². The molecule has 1 unspecified atom stereocenters. The van der Waals surface area contributed by atoms with Crippen molar-refractivity contribution in [3.05, 3.63) is 28.7 Å². The van der Waals surface area contributed by atoms with Crippen LogP contribution in [-0.4, -0.2) is 38.7 Å². The van der Waals surface area contributed by atoms with Crippen molar-refractivity contribution in [2.75, 3.05) is 13.1 Å². The fourth-order valence-corrected chi connectivity index (χ4v) is 2.96. The average molecular weight is 261 g/mol. The number of hydrogen-bond acceptors (Lipinski definition) is 3. The van der Waals surface area contributed by atoms with E-state index in [9.17, 15) is 9.90 Å². The van der Waals surface area contributed by atoms with Crippen molar-refractivity contribution in [1.82, 2.24) is 14.5 Å². The monoisotopic (exact) mass is 261 g/mol. The maximum atomic E-state index is 12.1. The number of imidazole rings is 1. The molecule has 5 heteroatoms. The van der Waals surface area contributed by atoms with Gasteiger partial charge in [-0.15, -0.1) is 0 Å². The Morgan fingerprint density at radius 2 is 2.21 bits per heavy atom. The van der Waals surface area contributed by atoms with Crippen LogP contribution < -0.4 is 5.69 Å². The summed E-state index contributed by atoms with van der Waals surface area (Å²) < 4.78 is 1.72. The number of aromatic amines is 1. The maximum absolute atomic E-state index is 12.1. The topological polar surface area (TPSA) is 61.3 Å². The highest BCUT2D eigenvalue weighted by Gasteiger charge is 2.28. The molecule has 1 atom stereocenters. The van der Waals surface area contributed by atoms with Gasteiger partial charge >= 0.3 is 5.69 Å². The summed E-state index contributed by atoms with van der Waals surface area (Å²) in [4.78, 5) is 17.3. The van der Waals surface area contributed by atoms with Gasteiger partial charge in [-0.25, -0.2) is 4.79 Å². The summed E-state index contributed by atoms with van der Waals surface area (Å²) in [7, 11) is 0. The number of phenolic OH excluding ortho intramolecular Hbond substituents is 1. The van der Waals surface area contributed by atoms with E-state index < -0.39 is 0 Å². The van der Waals surface area contributed by atoms with Gasteiger partial charge in [-0.2, -0.15) is 0 Å². The van der Waals surface area contributed by atoms with Crippen LogP contribution in [0.1, 0.15) is 26.3 Å². The quantitative estimate of drug-likeness (QED) is 0.864. The van der Waals surface area contributed by atoms with Gasteiger partial charge in [0, 0.05) is 19.1 Å². The summed E-state index contributed by atoms with van der Waals surface area (Å²) in [5.41, 5.74) is 1.20. The van der Waals surface area contributed by atoms with Crippen molar-refractivity contribution in [3.8, 4) is 5.75 Å². The fourth-order valence-electron chi connectivity index (χ4n) is 2.96. The highest BCUT2D eigenvalue weighted by Crippen LogP contribution is 2.29. The molecule has 1 saturated heterocycles. The Hall–Kier alpha value is -1.75. The smallest absolute Gasteiger partial charge is 0.326 e. The minimum atomic E-state index is -0.132. The van der Waals surface area contributed by atoms with Crippen LogP contribution in [-0.2, 0) is 0 Å². The van der Waals surface area contributed by atoms with Crippen LogP contribution in [0.2, 0.25) is 0 Å². The van der Waals surface area contributed by atoms with Crippen LogP contribution in [0, 0.1) is 0 Å². The van der Waals surface area contributed by atoms with E-state index in [1.54, 1.807) is 16.7 Å². The van der Waals surface area contributed by atoms with E-state index in [-0.39, 0.29) is 17.5 Å². The molecule has 19 heavy (non-hydrogen) atoms. The second-order valence-corrected chi connectivity index (χ2v) is 5.50. The lowest BCUT2D eigenvalue weighted by Crippen LogP contribution is -2.30. The predicted molar refractivity (Wildman–Crippen MR) is 74.6 cm³/mol. The average Bonchev–Trinajstić information content (AvgIpc) is 2.93. The second kappa shape index (κ2) is 4.42. The van der Waals surface area contributed by atoms with Crippen molar-refractivity contribution < 1.29 is 5.11 Å². The Labute approximate surface area is 111 Å². The minimum Gasteiger partial charge on any atom is -0.506 e. The van der Waals surface area contributed by atoms with Gasteiger partial charge in [0.1, 0.15) is 11.3 Å². The van der Waals surface area contributed by atoms with Gasteiger partial charge < -0.3 is 10.1 Å². The molecule has 1 fully saturated rings. The third-order valence-corrected chi connectivity index (χ3v) is 4.01. The second-order valence-electron chi connectivity index (χ2n) is 5.50. The summed E-state index contributed by atoms with van der Waals surface area (Å²) in [6, 6.07) is 5.81. The summed E-state index contributed by atoms with van der Waals surface area (Å²) >= 11 is 0. The summed E-state index contributed by atoms with van der Waals surface area (Å²) in [6.45, 7) is 6.18. The molecule has 1 aromatic carbocycles. The number of hydrogen-bond donors (Lipinski definition) is 2. The van der Waals surface area contributed by atoms with E-state index in [0.29, 0.717) is 17.1 Å². The number of likely N-dealkylation sites (tertiary alicyclic amines) is 1. The molecule has 2 heterocycles. The number of benzene rings is 1. The Balaban J connectivity index is 2.06. The van der Waals surface area contributed by atoms with Gasteiger partial charge in [-0.05, 0) is 32.4 Å². The van der Waals surface area contributed by atoms with Crippen molar-refractivity contribution in [2.45, 2.75) is 32.4 Å². The van der Waals surface area contributed by atoms with Gasteiger partial charge in [-0.3, -0.25) is 9.47 Å². The Morgan fingerprint density at radius 3 is 2.89 bits per heavy atom. The molecule has 0 saturated carbocycles. The van der Waals surface area contributed by atoms with Crippen LogP contribution in [0.4, 0.5) is 0 Å². The molecular formula is C14H19N3O2. The minimum absolute atomic E-state index is 0.132. The molecule has 1 aromatic heterocycles. The number of nitrogens with one attached hydrogen (secondary N) is 1. The Kier molecular flexibility index (Phi) is 2.86. The van der Waals surface area contributed by atoms with Gasteiger partial charge in [0.15, 0.2) is 0 Å². The molecule has 0 aliphatic carbocycles. The molecular weight excluding hydrogens is 242 g/mol. The molecule has 3 rings (SSSR count). The van der Waals surface area contributed by atoms with E-state index in [1.807, 2.05) is 6.07 Å². The molecule has 0 amide bonds. The number of aromatic nitrogens is 2. The SMILES string of the molecule is CC(C)N1CCC(n2c(=O)[nH]c3cccc(O)c32)C1. The Bertz CT molecular complexity index is 656.